The van der Waals surface area contributed by atoms with Crippen molar-refractivity contribution >= 4 is 27.6 Å². The lowest BCUT2D eigenvalue weighted by molar-refractivity contribution is -0.122. The highest BCUT2D eigenvalue weighted by atomic mass is 32.2. The smallest absolute Gasteiger partial charge is 0.340 e. The van der Waals surface area contributed by atoms with Crippen molar-refractivity contribution in [1.82, 2.24) is 4.57 Å². The Labute approximate surface area is 199 Å². The number of sulfonamides is 1. The number of aromatic nitrogens is 1. The summed E-state index contributed by atoms with van der Waals surface area (Å²) in [6, 6.07) is 13.9. The minimum atomic E-state index is -3.83. The molecule has 2 aromatic carbocycles. The van der Waals surface area contributed by atoms with E-state index in [1.54, 1.807) is 12.1 Å². The molecule has 1 unspecified atom stereocenters. The van der Waals surface area contributed by atoms with E-state index in [2.05, 4.69) is 0 Å². The summed E-state index contributed by atoms with van der Waals surface area (Å²) < 4.78 is 30.7. The highest BCUT2D eigenvalue weighted by Crippen LogP contribution is 2.34. The van der Waals surface area contributed by atoms with Crippen LogP contribution >= 0.6 is 0 Å². The van der Waals surface area contributed by atoms with Gasteiger partial charge < -0.3 is 14.2 Å². The molecular weight excluding hydrogens is 454 g/mol. The number of nitrogens with two attached hydrogens (primary N) is 1. The molecule has 2 N–H and O–H groups in total. The molecule has 34 heavy (non-hydrogen) atoms. The Morgan fingerprint density at radius 1 is 1.09 bits per heavy atom. The van der Waals surface area contributed by atoms with Crippen LogP contribution in [0.25, 0.3) is 5.69 Å². The summed E-state index contributed by atoms with van der Waals surface area (Å²) in [6.07, 6.45) is 0.482. The quantitative estimate of drug-likeness (QED) is 0.563. The molecule has 0 aliphatic carbocycles. The van der Waals surface area contributed by atoms with E-state index < -0.39 is 22.6 Å². The predicted octanol–water partition coefficient (Wildman–Crippen LogP) is 3.18. The number of fused-ring (bicyclic) bond motifs is 1. The Bertz CT molecular complexity index is 1410. The average Bonchev–Trinajstić information content (AvgIpc) is 3.25. The largest absolute Gasteiger partial charge is 0.452 e. The van der Waals surface area contributed by atoms with Gasteiger partial charge >= 0.3 is 5.97 Å². The molecule has 8 nitrogen and oxygen atoms in total. The third-order valence-electron chi connectivity index (χ3n) is 6.10. The van der Waals surface area contributed by atoms with Crippen molar-refractivity contribution in [3.63, 3.8) is 0 Å². The Morgan fingerprint density at radius 3 is 2.50 bits per heavy atom. The van der Waals surface area contributed by atoms with Crippen molar-refractivity contribution in [2.75, 3.05) is 11.5 Å². The number of ether oxygens (including phenoxy) is 1. The van der Waals surface area contributed by atoms with Crippen LogP contribution in [0, 0.1) is 20.8 Å². The number of nitrogens with zero attached hydrogens (tertiary/aromatic N) is 2. The molecular formula is C25H27N3O5S. The zero-order chi connectivity index (χ0) is 24.8. The summed E-state index contributed by atoms with van der Waals surface area (Å²) in [4.78, 5) is 27.3. The molecule has 9 heteroatoms. The number of benzene rings is 2. The molecule has 178 valence electrons. The van der Waals surface area contributed by atoms with E-state index in [1.807, 2.05) is 56.5 Å². The fraction of sp³-hybridized carbons (Fsp3) is 0.280. The van der Waals surface area contributed by atoms with E-state index >= 15 is 0 Å². The number of hydrogen-bond acceptors (Lipinski definition) is 5. The van der Waals surface area contributed by atoms with Crippen molar-refractivity contribution < 1.29 is 22.7 Å². The van der Waals surface area contributed by atoms with Crippen molar-refractivity contribution in [2.45, 2.75) is 45.1 Å². The lowest BCUT2D eigenvalue weighted by atomic mass is 10.1. The van der Waals surface area contributed by atoms with Crippen LogP contribution < -0.4 is 10.0 Å². The number of anilines is 1. The van der Waals surface area contributed by atoms with Gasteiger partial charge in [-0.05, 0) is 81.6 Å². The molecule has 1 aliphatic rings. The SMILES string of the molecule is Cc1cccc(-n2c(C)cc(C(=O)OCC(=O)N3c4ccc(S(N)(=O)=O)cc4CC3C)c2C)c1. The second kappa shape index (κ2) is 8.73. The first-order valence-corrected chi connectivity index (χ1v) is 12.4. The van der Waals surface area contributed by atoms with E-state index in [4.69, 9.17) is 9.88 Å². The van der Waals surface area contributed by atoms with Gasteiger partial charge in [0.1, 0.15) is 0 Å². The van der Waals surface area contributed by atoms with E-state index in [0.717, 1.165) is 22.6 Å². The van der Waals surface area contributed by atoms with Gasteiger partial charge in [-0.3, -0.25) is 4.79 Å². The maximum absolute atomic E-state index is 13.0. The van der Waals surface area contributed by atoms with Crippen molar-refractivity contribution in [3.05, 3.63) is 76.6 Å². The summed E-state index contributed by atoms with van der Waals surface area (Å²) in [5.74, 6) is -0.951. The van der Waals surface area contributed by atoms with E-state index in [1.165, 1.54) is 17.0 Å². The summed E-state index contributed by atoms with van der Waals surface area (Å²) in [5, 5.41) is 5.22. The lowest BCUT2D eigenvalue weighted by Crippen LogP contribution is -2.38. The third kappa shape index (κ3) is 4.36. The molecule has 0 fully saturated rings. The normalized spacial score (nSPS) is 15.3. The Hall–Kier alpha value is -3.43. The van der Waals surface area contributed by atoms with Crippen LogP contribution in [0.4, 0.5) is 5.69 Å². The lowest BCUT2D eigenvalue weighted by Gasteiger charge is -2.22. The molecule has 0 spiro atoms. The summed E-state index contributed by atoms with van der Waals surface area (Å²) in [5.41, 5.74) is 5.38. The fourth-order valence-electron chi connectivity index (χ4n) is 4.57. The molecule has 1 atom stereocenters. The van der Waals surface area contributed by atoms with Gasteiger partial charge in [0.05, 0.1) is 10.5 Å². The first-order chi connectivity index (χ1) is 16.0. The monoisotopic (exact) mass is 481 g/mol. The zero-order valence-electron chi connectivity index (χ0n) is 19.5. The fourth-order valence-corrected chi connectivity index (χ4v) is 5.14. The molecule has 4 rings (SSSR count). The van der Waals surface area contributed by atoms with Gasteiger partial charge in [0.25, 0.3) is 5.91 Å². The highest BCUT2D eigenvalue weighted by molar-refractivity contribution is 7.89. The molecule has 1 aliphatic heterocycles. The maximum atomic E-state index is 13.0. The molecule has 0 saturated heterocycles. The van der Waals surface area contributed by atoms with Gasteiger partial charge in [0, 0.05) is 28.8 Å². The zero-order valence-corrected chi connectivity index (χ0v) is 20.3. The number of carbonyl (C=O) groups excluding carboxylic acids is 2. The van der Waals surface area contributed by atoms with E-state index in [9.17, 15) is 18.0 Å². The standard InChI is InChI=1S/C25H27N3O5S/c1-15-6-5-7-20(10-15)27-17(3)12-22(18(27)4)25(30)33-14-24(29)28-16(2)11-19-13-21(34(26,31)32)8-9-23(19)28/h5-10,12-13,16H,11,14H2,1-4H3,(H2,26,31,32). The second-order valence-electron chi connectivity index (χ2n) is 8.69. The number of amides is 1. The Balaban J connectivity index is 1.51. The molecule has 0 saturated carbocycles. The molecule has 3 aromatic rings. The first-order valence-electron chi connectivity index (χ1n) is 10.9. The first kappa shape index (κ1) is 23.7. The summed E-state index contributed by atoms with van der Waals surface area (Å²) in [7, 11) is -3.83. The molecule has 0 bridgehead atoms. The minimum Gasteiger partial charge on any atom is -0.452 e. The maximum Gasteiger partial charge on any atom is 0.340 e. The number of esters is 1. The van der Waals surface area contributed by atoms with Gasteiger partial charge in [0.2, 0.25) is 10.0 Å². The molecule has 1 aromatic heterocycles. The highest BCUT2D eigenvalue weighted by Gasteiger charge is 2.32. The minimum absolute atomic E-state index is 0.00291. The van der Waals surface area contributed by atoms with Crippen molar-refractivity contribution in [1.29, 1.82) is 0 Å². The van der Waals surface area contributed by atoms with Crippen LogP contribution in [0.3, 0.4) is 0 Å². The number of aryl methyl sites for hydroxylation is 2. The van der Waals surface area contributed by atoms with Crippen LogP contribution in [-0.4, -0.2) is 37.5 Å². The number of carbonyl (C=O) groups is 2. The van der Waals surface area contributed by atoms with Crippen molar-refractivity contribution in [3.8, 4) is 5.69 Å². The van der Waals surface area contributed by atoms with Crippen LogP contribution in [-0.2, 0) is 26.0 Å². The summed E-state index contributed by atoms with van der Waals surface area (Å²) in [6.45, 7) is 7.19. The van der Waals surface area contributed by atoms with Crippen LogP contribution in [0.2, 0.25) is 0 Å². The van der Waals surface area contributed by atoms with Gasteiger partial charge in [-0.1, -0.05) is 12.1 Å². The van der Waals surface area contributed by atoms with Gasteiger partial charge in [-0.15, -0.1) is 0 Å². The third-order valence-corrected chi connectivity index (χ3v) is 7.01. The Morgan fingerprint density at radius 2 is 1.82 bits per heavy atom. The van der Waals surface area contributed by atoms with E-state index in [0.29, 0.717) is 23.2 Å². The van der Waals surface area contributed by atoms with Gasteiger partial charge in [-0.25, -0.2) is 18.4 Å². The van der Waals surface area contributed by atoms with Crippen LogP contribution in [0.15, 0.2) is 53.4 Å². The van der Waals surface area contributed by atoms with Crippen LogP contribution in [0.5, 0.6) is 0 Å². The summed E-state index contributed by atoms with van der Waals surface area (Å²) >= 11 is 0. The number of primary sulfonamides is 1. The molecule has 0 radical (unpaired) electrons. The predicted molar refractivity (Wildman–Crippen MR) is 129 cm³/mol. The second-order valence-corrected chi connectivity index (χ2v) is 10.2. The van der Waals surface area contributed by atoms with Crippen molar-refractivity contribution in [2.24, 2.45) is 5.14 Å². The molecule has 2 heterocycles. The number of hydrogen-bond donors (Lipinski definition) is 1. The van der Waals surface area contributed by atoms with Gasteiger partial charge in [0.15, 0.2) is 6.61 Å². The van der Waals surface area contributed by atoms with Crippen LogP contribution in [0.1, 0.15) is 39.8 Å². The Kier molecular flexibility index (Phi) is 6.09. The molecule has 1 amide bonds. The topological polar surface area (TPSA) is 112 Å². The number of rotatable bonds is 5. The van der Waals surface area contributed by atoms with Gasteiger partial charge in [-0.2, -0.15) is 0 Å². The average molecular weight is 482 g/mol. The van der Waals surface area contributed by atoms with E-state index in [-0.39, 0.29) is 16.8 Å².